The lowest BCUT2D eigenvalue weighted by atomic mass is 10.1. The molecule has 1 N–H and O–H groups in total. The van der Waals surface area contributed by atoms with E-state index in [0.717, 1.165) is 10.1 Å². The quantitative estimate of drug-likeness (QED) is 0.808. The van der Waals surface area contributed by atoms with E-state index < -0.39 is 0 Å². The zero-order chi connectivity index (χ0) is 10.1. The molecule has 70 valence electrons. The highest BCUT2D eigenvalue weighted by Crippen LogP contribution is 2.32. The average Bonchev–Trinajstić information content (AvgIpc) is 2.64. The Hall–Kier alpha value is -1.08. The molecule has 0 aliphatic carbocycles. The first-order valence-corrected chi connectivity index (χ1v) is 5.23. The number of aliphatic hydroxyl groups is 1. The van der Waals surface area contributed by atoms with Gasteiger partial charge in [-0.15, -0.1) is 11.3 Å². The SMILES string of the molecule is N#Cc1c(Cl)c(CO)cc2ccsc12. The zero-order valence-corrected chi connectivity index (χ0v) is 8.69. The van der Waals surface area contributed by atoms with E-state index in [0.29, 0.717) is 16.1 Å². The Morgan fingerprint density at radius 2 is 2.36 bits per heavy atom. The number of nitrogens with zero attached hydrogens (tertiary/aromatic N) is 1. The van der Waals surface area contributed by atoms with Crippen molar-refractivity contribution in [2.24, 2.45) is 0 Å². The summed E-state index contributed by atoms with van der Waals surface area (Å²) in [4.78, 5) is 0. The van der Waals surface area contributed by atoms with Crippen LogP contribution in [0.4, 0.5) is 0 Å². The smallest absolute Gasteiger partial charge is 0.102 e. The molecule has 2 aromatic rings. The number of benzene rings is 1. The number of hydrogen-bond acceptors (Lipinski definition) is 3. The summed E-state index contributed by atoms with van der Waals surface area (Å²) < 4.78 is 0.884. The highest BCUT2D eigenvalue weighted by Gasteiger charge is 2.11. The molecule has 0 unspecified atom stereocenters. The van der Waals surface area contributed by atoms with Gasteiger partial charge < -0.3 is 5.11 Å². The number of aliphatic hydroxyl groups excluding tert-OH is 1. The zero-order valence-electron chi connectivity index (χ0n) is 7.12. The molecule has 0 aliphatic rings. The number of halogens is 1. The van der Waals surface area contributed by atoms with Gasteiger partial charge in [-0.3, -0.25) is 0 Å². The van der Waals surface area contributed by atoms with Crippen molar-refractivity contribution in [2.75, 3.05) is 0 Å². The molecule has 0 aliphatic heterocycles. The Bertz CT molecular complexity index is 527. The molecule has 0 radical (unpaired) electrons. The largest absolute Gasteiger partial charge is 0.392 e. The van der Waals surface area contributed by atoms with E-state index in [-0.39, 0.29) is 6.61 Å². The van der Waals surface area contributed by atoms with Gasteiger partial charge in [0.1, 0.15) is 6.07 Å². The second kappa shape index (κ2) is 3.58. The van der Waals surface area contributed by atoms with Crippen LogP contribution in [0, 0.1) is 11.3 Å². The van der Waals surface area contributed by atoms with Crippen molar-refractivity contribution in [2.45, 2.75) is 6.61 Å². The normalized spacial score (nSPS) is 10.4. The monoisotopic (exact) mass is 223 g/mol. The van der Waals surface area contributed by atoms with Gasteiger partial charge in [-0.05, 0) is 28.5 Å². The number of hydrogen-bond donors (Lipinski definition) is 1. The van der Waals surface area contributed by atoms with E-state index in [1.807, 2.05) is 17.5 Å². The summed E-state index contributed by atoms with van der Waals surface area (Å²) in [6, 6.07) is 5.79. The predicted molar refractivity (Wildman–Crippen MR) is 57.5 cm³/mol. The molecule has 2 rings (SSSR count). The highest BCUT2D eigenvalue weighted by molar-refractivity contribution is 7.17. The Kier molecular flexibility index (Phi) is 2.42. The number of nitriles is 1. The fourth-order valence-electron chi connectivity index (χ4n) is 1.36. The van der Waals surface area contributed by atoms with Gasteiger partial charge in [-0.25, -0.2) is 0 Å². The van der Waals surface area contributed by atoms with Crippen LogP contribution in [-0.2, 0) is 6.61 Å². The van der Waals surface area contributed by atoms with Gasteiger partial charge in [-0.2, -0.15) is 5.26 Å². The first kappa shape index (κ1) is 9.47. The molecule has 0 saturated carbocycles. The molecule has 4 heteroatoms. The third kappa shape index (κ3) is 1.28. The summed E-state index contributed by atoms with van der Waals surface area (Å²) in [5, 5.41) is 21.2. The van der Waals surface area contributed by atoms with Gasteiger partial charge in [0.2, 0.25) is 0 Å². The van der Waals surface area contributed by atoms with Crippen molar-refractivity contribution in [3.63, 3.8) is 0 Å². The maximum atomic E-state index is 9.04. The molecule has 1 aromatic carbocycles. The summed E-state index contributed by atoms with van der Waals surface area (Å²) in [5.74, 6) is 0. The van der Waals surface area contributed by atoms with Gasteiger partial charge in [0.15, 0.2) is 0 Å². The van der Waals surface area contributed by atoms with Crippen molar-refractivity contribution >= 4 is 33.0 Å². The van der Waals surface area contributed by atoms with Crippen LogP contribution in [0.25, 0.3) is 10.1 Å². The second-order valence-electron chi connectivity index (χ2n) is 2.83. The minimum atomic E-state index is -0.140. The van der Waals surface area contributed by atoms with Crippen LogP contribution < -0.4 is 0 Å². The fraction of sp³-hybridized carbons (Fsp3) is 0.100. The van der Waals surface area contributed by atoms with Gasteiger partial charge in [-0.1, -0.05) is 11.6 Å². The summed E-state index contributed by atoms with van der Waals surface area (Å²) in [7, 11) is 0. The van der Waals surface area contributed by atoms with Crippen LogP contribution in [0.1, 0.15) is 11.1 Å². The van der Waals surface area contributed by atoms with Crippen LogP contribution in [0.3, 0.4) is 0 Å². The lowest BCUT2D eigenvalue weighted by Crippen LogP contribution is -1.88. The van der Waals surface area contributed by atoms with Crippen LogP contribution in [-0.4, -0.2) is 5.11 Å². The van der Waals surface area contributed by atoms with Gasteiger partial charge in [0.25, 0.3) is 0 Å². The minimum Gasteiger partial charge on any atom is -0.392 e. The summed E-state index contributed by atoms with van der Waals surface area (Å²) in [6.45, 7) is -0.140. The topological polar surface area (TPSA) is 44.0 Å². The van der Waals surface area contributed by atoms with Gasteiger partial charge in [0.05, 0.1) is 21.9 Å². The summed E-state index contributed by atoms with van der Waals surface area (Å²) in [5.41, 5.74) is 1.07. The molecule has 1 aromatic heterocycles. The first-order valence-electron chi connectivity index (χ1n) is 3.97. The van der Waals surface area contributed by atoms with Crippen LogP contribution in [0.2, 0.25) is 5.02 Å². The number of thiophene rings is 1. The standard InChI is InChI=1S/C10H6ClNOS/c11-9-7(5-13)3-6-1-2-14-10(6)8(9)4-12/h1-3,13H,5H2. The highest BCUT2D eigenvalue weighted by atomic mass is 35.5. The average molecular weight is 224 g/mol. The fourth-order valence-corrected chi connectivity index (χ4v) is 2.55. The molecular weight excluding hydrogens is 218 g/mol. The van der Waals surface area contributed by atoms with Crippen molar-refractivity contribution < 1.29 is 5.11 Å². The third-order valence-electron chi connectivity index (χ3n) is 2.04. The Labute approximate surface area is 90.0 Å². The lowest BCUT2D eigenvalue weighted by Gasteiger charge is -2.03. The molecular formula is C10H6ClNOS. The maximum Gasteiger partial charge on any atom is 0.102 e. The molecule has 0 amide bonds. The minimum absolute atomic E-state index is 0.140. The molecule has 0 atom stereocenters. The molecule has 14 heavy (non-hydrogen) atoms. The van der Waals surface area contributed by atoms with Crippen molar-refractivity contribution in [3.8, 4) is 6.07 Å². The number of fused-ring (bicyclic) bond motifs is 1. The van der Waals surface area contributed by atoms with E-state index >= 15 is 0 Å². The molecule has 0 saturated heterocycles. The van der Waals surface area contributed by atoms with E-state index in [2.05, 4.69) is 6.07 Å². The maximum absolute atomic E-state index is 9.04. The van der Waals surface area contributed by atoms with Crippen LogP contribution >= 0.6 is 22.9 Å². The molecule has 0 bridgehead atoms. The summed E-state index contributed by atoms with van der Waals surface area (Å²) in [6.07, 6.45) is 0. The van der Waals surface area contributed by atoms with E-state index in [1.54, 1.807) is 0 Å². The van der Waals surface area contributed by atoms with Gasteiger partial charge in [0, 0.05) is 0 Å². The second-order valence-corrected chi connectivity index (χ2v) is 4.13. The van der Waals surface area contributed by atoms with E-state index in [1.165, 1.54) is 11.3 Å². The molecule has 0 fully saturated rings. The van der Waals surface area contributed by atoms with Crippen molar-refractivity contribution in [1.82, 2.24) is 0 Å². The van der Waals surface area contributed by atoms with Crippen LogP contribution in [0.15, 0.2) is 17.5 Å². The van der Waals surface area contributed by atoms with Gasteiger partial charge >= 0.3 is 0 Å². The van der Waals surface area contributed by atoms with E-state index in [9.17, 15) is 0 Å². The molecule has 2 nitrogen and oxygen atoms in total. The lowest BCUT2D eigenvalue weighted by molar-refractivity contribution is 0.282. The van der Waals surface area contributed by atoms with E-state index in [4.69, 9.17) is 22.0 Å². The number of rotatable bonds is 1. The Morgan fingerprint density at radius 3 is 3.00 bits per heavy atom. The molecule has 0 spiro atoms. The van der Waals surface area contributed by atoms with Crippen LogP contribution in [0.5, 0.6) is 0 Å². The predicted octanol–water partition coefficient (Wildman–Crippen LogP) is 2.92. The molecule has 1 heterocycles. The summed E-state index contributed by atoms with van der Waals surface area (Å²) >= 11 is 7.45. The third-order valence-corrected chi connectivity index (χ3v) is 3.42. The Balaban J connectivity index is 2.89. The van der Waals surface area contributed by atoms with Crippen molar-refractivity contribution in [1.29, 1.82) is 5.26 Å². The first-order chi connectivity index (χ1) is 6.77. The Morgan fingerprint density at radius 1 is 1.57 bits per heavy atom. The van der Waals surface area contributed by atoms with Crippen molar-refractivity contribution in [3.05, 3.63) is 33.7 Å².